The molecule has 1 aromatic carbocycles. The maximum absolute atomic E-state index is 11.9. The number of nitrogens with zero attached hydrogens (tertiary/aromatic N) is 1. The molecule has 0 saturated carbocycles. The molecule has 108 valence electrons. The summed E-state index contributed by atoms with van der Waals surface area (Å²) in [6.07, 6.45) is 0. The third-order valence-corrected chi connectivity index (χ3v) is 2.56. The van der Waals surface area contributed by atoms with Gasteiger partial charge in [0.1, 0.15) is 0 Å². The summed E-state index contributed by atoms with van der Waals surface area (Å²) in [6.45, 7) is 3.71. The number of benzene rings is 1. The summed E-state index contributed by atoms with van der Waals surface area (Å²) < 4.78 is 4.96. The number of aromatic hydroxyl groups is 1. The van der Waals surface area contributed by atoms with Crippen LogP contribution in [0.3, 0.4) is 0 Å². The fourth-order valence-electron chi connectivity index (χ4n) is 1.67. The van der Waals surface area contributed by atoms with Gasteiger partial charge in [-0.3, -0.25) is 4.79 Å². The number of carbonyl (C=O) groups excluding carboxylic acids is 1. The highest BCUT2D eigenvalue weighted by molar-refractivity contribution is 5.85. The SMILES string of the molecule is COc1ccc(CN(C)C(=O)C(C)(C)N)cc1O.Cl. The average Bonchev–Trinajstić information content (AvgIpc) is 2.27. The van der Waals surface area contributed by atoms with Crippen molar-refractivity contribution in [3.8, 4) is 11.5 Å². The molecule has 0 bridgehead atoms. The van der Waals surface area contributed by atoms with E-state index in [0.29, 0.717) is 12.3 Å². The van der Waals surface area contributed by atoms with Crippen molar-refractivity contribution in [2.24, 2.45) is 5.73 Å². The lowest BCUT2D eigenvalue weighted by Gasteiger charge is -2.26. The minimum Gasteiger partial charge on any atom is -0.504 e. The van der Waals surface area contributed by atoms with Crippen molar-refractivity contribution in [1.82, 2.24) is 4.90 Å². The predicted molar refractivity (Wildman–Crippen MR) is 76.6 cm³/mol. The van der Waals surface area contributed by atoms with E-state index in [1.807, 2.05) is 0 Å². The third-order valence-electron chi connectivity index (χ3n) is 2.56. The quantitative estimate of drug-likeness (QED) is 0.881. The molecular weight excluding hydrogens is 268 g/mol. The van der Waals surface area contributed by atoms with E-state index in [2.05, 4.69) is 0 Å². The zero-order valence-electron chi connectivity index (χ0n) is 11.6. The Morgan fingerprint density at radius 3 is 2.47 bits per heavy atom. The van der Waals surface area contributed by atoms with Crippen molar-refractivity contribution < 1.29 is 14.6 Å². The number of amides is 1. The van der Waals surface area contributed by atoms with Crippen molar-refractivity contribution in [2.75, 3.05) is 14.2 Å². The van der Waals surface area contributed by atoms with Crippen molar-refractivity contribution in [1.29, 1.82) is 0 Å². The Kier molecular flexibility index (Phi) is 6.12. The number of hydrogen-bond acceptors (Lipinski definition) is 4. The smallest absolute Gasteiger partial charge is 0.242 e. The molecule has 0 radical (unpaired) electrons. The molecule has 19 heavy (non-hydrogen) atoms. The molecule has 0 aromatic heterocycles. The first-order valence-electron chi connectivity index (χ1n) is 5.66. The highest BCUT2D eigenvalue weighted by Gasteiger charge is 2.25. The maximum atomic E-state index is 11.9. The number of ether oxygens (including phenoxy) is 1. The van der Waals surface area contributed by atoms with Crippen molar-refractivity contribution in [2.45, 2.75) is 25.9 Å². The Morgan fingerprint density at radius 1 is 1.47 bits per heavy atom. The normalized spacial score (nSPS) is 10.6. The molecule has 6 heteroatoms. The lowest BCUT2D eigenvalue weighted by molar-refractivity contribution is -0.135. The number of phenols is 1. The van der Waals surface area contributed by atoms with Crippen LogP contribution in [0.4, 0.5) is 0 Å². The summed E-state index contributed by atoms with van der Waals surface area (Å²) >= 11 is 0. The monoisotopic (exact) mass is 288 g/mol. The summed E-state index contributed by atoms with van der Waals surface area (Å²) in [5.74, 6) is 0.313. The Hall–Kier alpha value is -1.46. The van der Waals surface area contributed by atoms with Crippen LogP contribution in [-0.2, 0) is 11.3 Å². The minimum absolute atomic E-state index is 0. The van der Waals surface area contributed by atoms with Gasteiger partial charge in [0.2, 0.25) is 5.91 Å². The molecule has 0 atom stereocenters. The fourth-order valence-corrected chi connectivity index (χ4v) is 1.67. The second-order valence-corrected chi connectivity index (χ2v) is 4.89. The van der Waals surface area contributed by atoms with E-state index in [0.717, 1.165) is 5.56 Å². The van der Waals surface area contributed by atoms with Gasteiger partial charge in [0.05, 0.1) is 12.6 Å². The zero-order chi connectivity index (χ0) is 13.9. The van der Waals surface area contributed by atoms with Gasteiger partial charge >= 0.3 is 0 Å². The van der Waals surface area contributed by atoms with Crippen LogP contribution < -0.4 is 10.5 Å². The van der Waals surface area contributed by atoms with Crippen molar-refractivity contribution in [3.63, 3.8) is 0 Å². The minimum atomic E-state index is -0.900. The molecule has 1 amide bonds. The van der Waals surface area contributed by atoms with E-state index in [9.17, 15) is 9.90 Å². The highest BCUT2D eigenvalue weighted by Crippen LogP contribution is 2.26. The molecule has 0 aliphatic carbocycles. The van der Waals surface area contributed by atoms with Crippen LogP contribution in [0.5, 0.6) is 11.5 Å². The molecule has 1 aromatic rings. The van der Waals surface area contributed by atoms with Crippen LogP contribution in [0.25, 0.3) is 0 Å². The largest absolute Gasteiger partial charge is 0.504 e. The third kappa shape index (κ3) is 4.61. The summed E-state index contributed by atoms with van der Waals surface area (Å²) in [5, 5.41) is 9.65. The van der Waals surface area contributed by atoms with Gasteiger partial charge in [-0.1, -0.05) is 6.07 Å². The van der Waals surface area contributed by atoms with Crippen LogP contribution >= 0.6 is 12.4 Å². The lowest BCUT2D eigenvalue weighted by Crippen LogP contribution is -2.49. The van der Waals surface area contributed by atoms with Gasteiger partial charge in [-0.25, -0.2) is 0 Å². The summed E-state index contributed by atoms with van der Waals surface area (Å²) in [7, 11) is 3.17. The first kappa shape index (κ1) is 17.5. The van der Waals surface area contributed by atoms with Crippen LogP contribution in [0.1, 0.15) is 19.4 Å². The molecule has 5 nitrogen and oxygen atoms in total. The van der Waals surface area contributed by atoms with E-state index < -0.39 is 5.54 Å². The zero-order valence-corrected chi connectivity index (χ0v) is 12.5. The van der Waals surface area contributed by atoms with E-state index in [1.54, 1.807) is 39.1 Å². The lowest BCUT2D eigenvalue weighted by atomic mass is 10.1. The number of phenolic OH excluding ortho intramolecular Hbond substituents is 1. The Bertz CT molecular complexity index is 444. The van der Waals surface area contributed by atoms with Gasteiger partial charge in [0.15, 0.2) is 11.5 Å². The first-order chi connectivity index (χ1) is 8.25. The van der Waals surface area contributed by atoms with Crippen molar-refractivity contribution >= 4 is 18.3 Å². The van der Waals surface area contributed by atoms with Crippen molar-refractivity contribution in [3.05, 3.63) is 23.8 Å². The highest BCUT2D eigenvalue weighted by atomic mass is 35.5. The Morgan fingerprint density at radius 2 is 2.05 bits per heavy atom. The number of likely N-dealkylation sites (N-methyl/N-ethyl adjacent to an activating group) is 1. The van der Waals surface area contributed by atoms with Crippen LogP contribution in [0.15, 0.2) is 18.2 Å². The summed E-state index contributed by atoms with van der Waals surface area (Å²) in [5.41, 5.74) is 5.66. The molecule has 0 saturated heterocycles. The fraction of sp³-hybridized carbons (Fsp3) is 0.462. The molecule has 1 rings (SSSR count). The second-order valence-electron chi connectivity index (χ2n) is 4.89. The van der Waals surface area contributed by atoms with E-state index >= 15 is 0 Å². The van der Waals surface area contributed by atoms with Crippen LogP contribution in [0.2, 0.25) is 0 Å². The maximum Gasteiger partial charge on any atom is 0.242 e. The number of carbonyl (C=O) groups is 1. The molecule has 0 fully saturated rings. The van der Waals surface area contributed by atoms with Gasteiger partial charge in [0, 0.05) is 13.6 Å². The molecule has 0 unspecified atom stereocenters. The topological polar surface area (TPSA) is 75.8 Å². The van der Waals surface area contributed by atoms with E-state index in [1.165, 1.54) is 12.0 Å². The predicted octanol–water partition coefficient (Wildman–Crippen LogP) is 1.52. The van der Waals surface area contributed by atoms with Gasteiger partial charge < -0.3 is 20.5 Å². The average molecular weight is 289 g/mol. The Labute approximate surface area is 119 Å². The molecule has 0 aliphatic heterocycles. The standard InChI is InChI=1S/C13H20N2O3.ClH/c1-13(2,14)12(17)15(3)8-9-5-6-11(18-4)10(16)7-9;/h5-7,16H,8,14H2,1-4H3;1H. The van der Waals surface area contributed by atoms with Gasteiger partial charge in [0.25, 0.3) is 0 Å². The molecular formula is C13H21ClN2O3. The number of halogens is 1. The number of nitrogens with two attached hydrogens (primary N) is 1. The van der Waals surface area contributed by atoms with Crippen LogP contribution in [-0.4, -0.2) is 35.6 Å². The molecule has 0 heterocycles. The van der Waals surface area contributed by atoms with E-state index in [-0.39, 0.29) is 24.1 Å². The molecule has 0 spiro atoms. The Balaban J connectivity index is 0.00000324. The molecule has 0 aliphatic rings. The summed E-state index contributed by atoms with van der Waals surface area (Å²) in [6, 6.07) is 5.04. The number of hydrogen-bond donors (Lipinski definition) is 2. The first-order valence-corrected chi connectivity index (χ1v) is 5.66. The number of rotatable bonds is 4. The van der Waals surface area contributed by atoms with Crippen LogP contribution in [0, 0.1) is 0 Å². The van der Waals surface area contributed by atoms with E-state index in [4.69, 9.17) is 10.5 Å². The van der Waals surface area contributed by atoms with Gasteiger partial charge in [-0.2, -0.15) is 0 Å². The molecule has 3 N–H and O–H groups in total. The van der Waals surface area contributed by atoms with Gasteiger partial charge in [-0.05, 0) is 31.5 Å². The van der Waals surface area contributed by atoms with Gasteiger partial charge in [-0.15, -0.1) is 12.4 Å². The number of methoxy groups -OCH3 is 1. The second kappa shape index (κ2) is 6.63. The summed E-state index contributed by atoms with van der Waals surface area (Å²) in [4.78, 5) is 13.4.